The third-order valence-corrected chi connectivity index (χ3v) is 4.21. The fraction of sp³-hybridized carbons (Fsp3) is 0.333. The molecule has 0 aromatic heterocycles. The molecule has 27 heavy (non-hydrogen) atoms. The van der Waals surface area contributed by atoms with Gasteiger partial charge in [0.2, 0.25) is 5.91 Å². The Hall–Kier alpha value is -2.89. The highest BCUT2D eigenvalue weighted by Gasteiger charge is 2.24. The zero-order chi connectivity index (χ0) is 19.8. The van der Waals surface area contributed by atoms with Crippen LogP contribution < -0.4 is 15.4 Å². The molecule has 0 fully saturated rings. The Kier molecular flexibility index (Phi) is 7.34. The minimum atomic E-state index is -0.668. The fourth-order valence-corrected chi connectivity index (χ4v) is 2.59. The van der Waals surface area contributed by atoms with E-state index in [4.69, 9.17) is 4.74 Å². The maximum Gasteiger partial charge on any atom is 0.251 e. The molecule has 1 atom stereocenters. The van der Waals surface area contributed by atoms with E-state index in [0.717, 1.165) is 11.3 Å². The van der Waals surface area contributed by atoms with Gasteiger partial charge in [-0.3, -0.25) is 9.59 Å². The lowest BCUT2D eigenvalue weighted by atomic mass is 10.0. The molecule has 2 amide bonds. The summed E-state index contributed by atoms with van der Waals surface area (Å²) < 4.78 is 18.1. The van der Waals surface area contributed by atoms with E-state index in [2.05, 4.69) is 10.6 Å². The molecule has 2 aromatic carbocycles. The van der Waals surface area contributed by atoms with Gasteiger partial charge in [-0.25, -0.2) is 4.39 Å². The van der Waals surface area contributed by atoms with Gasteiger partial charge in [0.25, 0.3) is 5.91 Å². The van der Waals surface area contributed by atoms with Gasteiger partial charge in [0.05, 0.1) is 7.11 Å². The molecular formula is C21H25FN2O3. The van der Waals surface area contributed by atoms with E-state index in [0.29, 0.717) is 18.5 Å². The van der Waals surface area contributed by atoms with Crippen molar-refractivity contribution in [3.63, 3.8) is 0 Å². The van der Waals surface area contributed by atoms with Crippen LogP contribution in [0.15, 0.2) is 48.5 Å². The molecule has 2 rings (SSSR count). The summed E-state index contributed by atoms with van der Waals surface area (Å²) in [6, 6.07) is 12.2. The van der Waals surface area contributed by atoms with Crippen LogP contribution >= 0.6 is 0 Å². The number of amides is 2. The van der Waals surface area contributed by atoms with Gasteiger partial charge >= 0.3 is 0 Å². The van der Waals surface area contributed by atoms with E-state index in [-0.39, 0.29) is 11.8 Å². The van der Waals surface area contributed by atoms with Crippen molar-refractivity contribution >= 4 is 11.8 Å². The minimum Gasteiger partial charge on any atom is -0.497 e. The SMILES string of the molecule is COc1ccc(CCNC(=O)C(NC(=O)c2ccc(F)cc2)C(C)C)cc1. The maximum absolute atomic E-state index is 13.0. The van der Waals surface area contributed by atoms with Crippen LogP contribution in [0.25, 0.3) is 0 Å². The van der Waals surface area contributed by atoms with Gasteiger partial charge in [-0.1, -0.05) is 26.0 Å². The first-order valence-electron chi connectivity index (χ1n) is 8.87. The van der Waals surface area contributed by atoms with Crippen LogP contribution in [0.1, 0.15) is 29.8 Å². The highest BCUT2D eigenvalue weighted by molar-refractivity contribution is 5.97. The molecule has 5 nitrogen and oxygen atoms in total. The van der Waals surface area contributed by atoms with Gasteiger partial charge in [0, 0.05) is 12.1 Å². The molecule has 0 spiro atoms. The summed E-state index contributed by atoms with van der Waals surface area (Å²) in [5, 5.41) is 5.59. The number of benzene rings is 2. The Morgan fingerprint density at radius 1 is 1.04 bits per heavy atom. The number of methoxy groups -OCH3 is 1. The summed E-state index contributed by atoms with van der Waals surface area (Å²) in [4.78, 5) is 24.8. The van der Waals surface area contributed by atoms with Gasteiger partial charge in [-0.05, 0) is 54.3 Å². The van der Waals surface area contributed by atoms with Crippen molar-refractivity contribution in [2.75, 3.05) is 13.7 Å². The summed E-state index contributed by atoms with van der Waals surface area (Å²) in [6.45, 7) is 4.18. The lowest BCUT2D eigenvalue weighted by molar-refractivity contribution is -0.123. The Labute approximate surface area is 158 Å². The molecule has 144 valence electrons. The average molecular weight is 372 g/mol. The Balaban J connectivity index is 1.89. The number of nitrogens with one attached hydrogen (secondary N) is 2. The number of hydrogen-bond donors (Lipinski definition) is 2. The molecule has 0 aliphatic heterocycles. The van der Waals surface area contributed by atoms with Gasteiger partial charge in [0.1, 0.15) is 17.6 Å². The number of hydrogen-bond acceptors (Lipinski definition) is 3. The topological polar surface area (TPSA) is 67.4 Å². The minimum absolute atomic E-state index is 0.0876. The van der Waals surface area contributed by atoms with E-state index in [1.807, 2.05) is 38.1 Å². The summed E-state index contributed by atoms with van der Waals surface area (Å²) in [7, 11) is 1.61. The first kappa shape index (κ1) is 20.4. The van der Waals surface area contributed by atoms with Crippen LogP contribution in [-0.2, 0) is 11.2 Å². The van der Waals surface area contributed by atoms with Crippen LogP contribution in [0.4, 0.5) is 4.39 Å². The second-order valence-corrected chi connectivity index (χ2v) is 6.59. The maximum atomic E-state index is 13.0. The lowest BCUT2D eigenvalue weighted by Gasteiger charge is -2.22. The van der Waals surface area contributed by atoms with Crippen molar-refractivity contribution in [2.24, 2.45) is 5.92 Å². The summed E-state index contributed by atoms with van der Waals surface area (Å²) in [6.07, 6.45) is 0.673. The normalized spacial score (nSPS) is 11.7. The van der Waals surface area contributed by atoms with Crippen LogP contribution in [0, 0.1) is 11.7 Å². The van der Waals surface area contributed by atoms with E-state index >= 15 is 0 Å². The van der Waals surface area contributed by atoms with Crippen molar-refractivity contribution in [2.45, 2.75) is 26.3 Å². The zero-order valence-corrected chi connectivity index (χ0v) is 15.8. The molecule has 0 heterocycles. The predicted molar refractivity (Wildman–Crippen MR) is 102 cm³/mol. The van der Waals surface area contributed by atoms with E-state index in [1.165, 1.54) is 24.3 Å². The molecule has 0 radical (unpaired) electrons. The van der Waals surface area contributed by atoms with Gasteiger partial charge < -0.3 is 15.4 Å². The lowest BCUT2D eigenvalue weighted by Crippen LogP contribution is -2.50. The van der Waals surface area contributed by atoms with Gasteiger partial charge in [-0.15, -0.1) is 0 Å². The van der Waals surface area contributed by atoms with Gasteiger partial charge in [-0.2, -0.15) is 0 Å². The second kappa shape index (κ2) is 9.71. The predicted octanol–water partition coefficient (Wildman–Crippen LogP) is 2.95. The zero-order valence-electron chi connectivity index (χ0n) is 15.8. The summed E-state index contributed by atoms with van der Waals surface area (Å²) >= 11 is 0. The van der Waals surface area contributed by atoms with E-state index in [1.54, 1.807) is 7.11 Å². The van der Waals surface area contributed by atoms with E-state index < -0.39 is 17.8 Å². The van der Waals surface area contributed by atoms with Crippen molar-refractivity contribution in [3.8, 4) is 5.75 Å². The fourth-order valence-electron chi connectivity index (χ4n) is 2.59. The number of carbonyl (C=O) groups is 2. The average Bonchev–Trinajstić information content (AvgIpc) is 2.66. The third kappa shape index (κ3) is 6.09. The first-order valence-corrected chi connectivity index (χ1v) is 8.87. The van der Waals surface area contributed by atoms with Crippen LogP contribution in [-0.4, -0.2) is 31.5 Å². The molecule has 0 aliphatic rings. The van der Waals surface area contributed by atoms with Crippen LogP contribution in [0.3, 0.4) is 0 Å². The Morgan fingerprint density at radius 2 is 1.67 bits per heavy atom. The molecule has 0 bridgehead atoms. The molecule has 6 heteroatoms. The molecule has 2 N–H and O–H groups in total. The molecular weight excluding hydrogens is 347 g/mol. The number of carbonyl (C=O) groups excluding carboxylic acids is 2. The van der Waals surface area contributed by atoms with Crippen LogP contribution in [0.2, 0.25) is 0 Å². The quantitative estimate of drug-likeness (QED) is 0.749. The van der Waals surface area contributed by atoms with Crippen LogP contribution in [0.5, 0.6) is 5.75 Å². The molecule has 0 aliphatic carbocycles. The van der Waals surface area contributed by atoms with Crippen molar-refractivity contribution in [1.82, 2.24) is 10.6 Å². The standard InChI is InChI=1S/C21H25FN2O3/c1-14(2)19(24-20(25)16-6-8-17(22)9-7-16)21(26)23-13-12-15-4-10-18(27-3)11-5-15/h4-11,14,19H,12-13H2,1-3H3,(H,23,26)(H,24,25). The summed E-state index contributed by atoms with van der Waals surface area (Å²) in [5.41, 5.74) is 1.39. The van der Waals surface area contributed by atoms with Crippen molar-refractivity contribution in [3.05, 3.63) is 65.5 Å². The highest BCUT2D eigenvalue weighted by Crippen LogP contribution is 2.11. The smallest absolute Gasteiger partial charge is 0.251 e. The number of halogens is 1. The van der Waals surface area contributed by atoms with E-state index in [9.17, 15) is 14.0 Å². The number of ether oxygens (including phenoxy) is 1. The Morgan fingerprint density at radius 3 is 2.22 bits per heavy atom. The largest absolute Gasteiger partial charge is 0.497 e. The monoisotopic (exact) mass is 372 g/mol. The molecule has 0 saturated heterocycles. The van der Waals surface area contributed by atoms with Crippen molar-refractivity contribution in [1.29, 1.82) is 0 Å². The number of rotatable bonds is 8. The van der Waals surface area contributed by atoms with Gasteiger partial charge in [0.15, 0.2) is 0 Å². The molecule has 0 saturated carbocycles. The van der Waals surface area contributed by atoms with Crippen molar-refractivity contribution < 1.29 is 18.7 Å². The summed E-state index contributed by atoms with van der Waals surface area (Å²) in [5.74, 6) is -0.363. The second-order valence-electron chi connectivity index (χ2n) is 6.59. The first-order chi connectivity index (χ1) is 12.9. The molecule has 2 aromatic rings. The Bertz CT molecular complexity index is 758. The molecule has 1 unspecified atom stereocenters. The third-order valence-electron chi connectivity index (χ3n) is 4.21. The highest BCUT2D eigenvalue weighted by atomic mass is 19.1.